The van der Waals surface area contributed by atoms with Gasteiger partial charge in [0.15, 0.2) is 11.5 Å². The maximum Gasteiger partial charge on any atom is 0.343 e. The molecule has 4 aromatic rings. The highest BCUT2D eigenvalue weighted by Crippen LogP contribution is 2.42. The second-order valence-corrected chi connectivity index (χ2v) is 5.52. The number of fused-ring (bicyclic) bond motifs is 3. The molecule has 0 saturated heterocycles. The Hall–Kier alpha value is -3.33. The van der Waals surface area contributed by atoms with Gasteiger partial charge in [-0.3, -0.25) is 0 Å². The number of esters is 1. The Morgan fingerprint density at radius 3 is 1.83 bits per heavy atom. The van der Waals surface area contributed by atoms with Gasteiger partial charge in [0, 0.05) is 10.8 Å². The number of hydrogen-bond donors (Lipinski definition) is 1. The largest absolute Gasteiger partial charge is 0.504 e. The van der Waals surface area contributed by atoms with Crippen molar-refractivity contribution in [3.05, 3.63) is 84.4 Å². The molecule has 0 aliphatic carbocycles. The summed E-state index contributed by atoms with van der Waals surface area (Å²) in [4.78, 5) is 12.4. The zero-order chi connectivity index (χ0) is 16.5. The number of phenolic OH excluding ortho intramolecular Hbond substituents is 1. The van der Waals surface area contributed by atoms with E-state index in [0.717, 1.165) is 10.8 Å². The monoisotopic (exact) mass is 314 g/mol. The number of ether oxygens (including phenoxy) is 1. The molecule has 0 bridgehead atoms. The van der Waals surface area contributed by atoms with Crippen molar-refractivity contribution in [3.8, 4) is 11.5 Å². The summed E-state index contributed by atoms with van der Waals surface area (Å²) < 4.78 is 5.56. The molecule has 116 valence electrons. The number of rotatable bonds is 2. The molecule has 0 unspecified atom stereocenters. The van der Waals surface area contributed by atoms with Crippen molar-refractivity contribution in [2.45, 2.75) is 0 Å². The van der Waals surface area contributed by atoms with Crippen molar-refractivity contribution in [3.63, 3.8) is 0 Å². The fraction of sp³-hybridized carbons (Fsp3) is 0. The van der Waals surface area contributed by atoms with Gasteiger partial charge in [-0.05, 0) is 22.9 Å². The van der Waals surface area contributed by atoms with Gasteiger partial charge >= 0.3 is 5.97 Å². The summed E-state index contributed by atoms with van der Waals surface area (Å²) in [5, 5.41) is 13.9. The van der Waals surface area contributed by atoms with E-state index in [1.165, 1.54) is 0 Å². The molecule has 0 fully saturated rings. The molecular weight excluding hydrogens is 300 g/mol. The first-order valence-corrected chi connectivity index (χ1v) is 7.65. The fourth-order valence-corrected chi connectivity index (χ4v) is 2.92. The molecule has 0 atom stereocenters. The average Bonchev–Trinajstić information content (AvgIpc) is 2.65. The molecule has 4 aromatic carbocycles. The van der Waals surface area contributed by atoms with E-state index < -0.39 is 5.97 Å². The minimum absolute atomic E-state index is 0.0198. The molecule has 4 rings (SSSR count). The van der Waals surface area contributed by atoms with Crippen molar-refractivity contribution < 1.29 is 14.6 Å². The lowest BCUT2D eigenvalue weighted by Crippen LogP contribution is -2.08. The maximum absolute atomic E-state index is 12.4. The third-order valence-electron chi connectivity index (χ3n) is 4.06. The summed E-state index contributed by atoms with van der Waals surface area (Å²) in [7, 11) is 0. The highest BCUT2D eigenvalue weighted by molar-refractivity contribution is 6.14. The minimum atomic E-state index is -0.494. The lowest BCUT2D eigenvalue weighted by Gasteiger charge is -2.13. The lowest BCUT2D eigenvalue weighted by molar-refractivity contribution is 0.0732. The number of carbonyl (C=O) groups is 1. The summed E-state index contributed by atoms with van der Waals surface area (Å²) >= 11 is 0. The number of benzene rings is 4. The van der Waals surface area contributed by atoms with E-state index in [2.05, 4.69) is 0 Å². The van der Waals surface area contributed by atoms with Crippen LogP contribution in [0, 0.1) is 0 Å². The molecule has 0 aliphatic rings. The minimum Gasteiger partial charge on any atom is -0.504 e. The van der Waals surface area contributed by atoms with Gasteiger partial charge in [-0.2, -0.15) is 0 Å². The topological polar surface area (TPSA) is 46.5 Å². The van der Waals surface area contributed by atoms with Crippen molar-refractivity contribution in [2.75, 3.05) is 0 Å². The SMILES string of the molecule is O=C(Oc1c(O)c2ccccc2c2ccccc12)c1ccccc1. The predicted molar refractivity (Wildman–Crippen MR) is 94.5 cm³/mol. The van der Waals surface area contributed by atoms with Crippen LogP contribution in [0.5, 0.6) is 11.5 Å². The molecular formula is C21H14O3. The standard InChI is InChI=1S/C21H14O3/c22-19-17-12-6-4-10-15(17)16-11-5-7-13-18(16)20(19)24-21(23)14-8-2-1-3-9-14/h1-13,22H. The van der Waals surface area contributed by atoms with Gasteiger partial charge in [0.25, 0.3) is 0 Å². The highest BCUT2D eigenvalue weighted by atomic mass is 16.5. The Morgan fingerprint density at radius 2 is 1.17 bits per heavy atom. The molecule has 3 heteroatoms. The third-order valence-corrected chi connectivity index (χ3v) is 4.06. The summed E-state index contributed by atoms with van der Waals surface area (Å²) in [5.74, 6) is -0.321. The molecule has 24 heavy (non-hydrogen) atoms. The maximum atomic E-state index is 12.4. The van der Waals surface area contributed by atoms with Crippen LogP contribution in [-0.2, 0) is 0 Å². The van der Waals surface area contributed by atoms with Crippen molar-refractivity contribution >= 4 is 27.5 Å². The Labute approximate surface area is 138 Å². The van der Waals surface area contributed by atoms with Gasteiger partial charge in [-0.25, -0.2) is 4.79 Å². The second kappa shape index (κ2) is 5.70. The van der Waals surface area contributed by atoms with Gasteiger partial charge in [0.05, 0.1) is 5.56 Å². The Kier molecular flexibility index (Phi) is 3.39. The first-order chi connectivity index (χ1) is 11.8. The second-order valence-electron chi connectivity index (χ2n) is 5.52. The van der Waals surface area contributed by atoms with Crippen LogP contribution in [0.3, 0.4) is 0 Å². The van der Waals surface area contributed by atoms with Crippen LogP contribution < -0.4 is 4.74 Å². The number of aromatic hydroxyl groups is 1. The Bertz CT molecular complexity index is 1050. The van der Waals surface area contributed by atoms with Gasteiger partial charge in [0.1, 0.15) is 0 Å². The Balaban J connectivity index is 1.94. The van der Waals surface area contributed by atoms with E-state index >= 15 is 0 Å². The van der Waals surface area contributed by atoms with Crippen LogP contribution in [0.15, 0.2) is 78.9 Å². The summed E-state index contributed by atoms with van der Waals surface area (Å²) in [6.45, 7) is 0. The van der Waals surface area contributed by atoms with Crippen LogP contribution >= 0.6 is 0 Å². The van der Waals surface area contributed by atoms with Crippen LogP contribution in [0.2, 0.25) is 0 Å². The van der Waals surface area contributed by atoms with E-state index in [-0.39, 0.29) is 11.5 Å². The van der Waals surface area contributed by atoms with Crippen molar-refractivity contribution in [2.24, 2.45) is 0 Å². The van der Waals surface area contributed by atoms with Crippen LogP contribution in [0.4, 0.5) is 0 Å². The smallest absolute Gasteiger partial charge is 0.343 e. The highest BCUT2D eigenvalue weighted by Gasteiger charge is 2.18. The zero-order valence-electron chi connectivity index (χ0n) is 12.8. The van der Waals surface area contributed by atoms with Crippen LogP contribution in [0.25, 0.3) is 21.5 Å². The normalized spacial score (nSPS) is 10.8. The van der Waals surface area contributed by atoms with Gasteiger partial charge in [0.2, 0.25) is 0 Å². The van der Waals surface area contributed by atoms with E-state index in [1.807, 2.05) is 54.6 Å². The van der Waals surface area contributed by atoms with Gasteiger partial charge < -0.3 is 9.84 Å². The predicted octanol–water partition coefficient (Wildman–Crippen LogP) is 4.92. The fourth-order valence-electron chi connectivity index (χ4n) is 2.92. The Morgan fingerprint density at radius 1 is 0.667 bits per heavy atom. The number of hydrogen-bond acceptors (Lipinski definition) is 3. The first-order valence-electron chi connectivity index (χ1n) is 7.65. The van der Waals surface area contributed by atoms with Crippen LogP contribution in [-0.4, -0.2) is 11.1 Å². The van der Waals surface area contributed by atoms with E-state index in [4.69, 9.17) is 4.74 Å². The molecule has 0 heterocycles. The summed E-state index contributed by atoms with van der Waals surface area (Å²) in [5.41, 5.74) is 0.439. The summed E-state index contributed by atoms with van der Waals surface area (Å²) in [6, 6.07) is 23.9. The zero-order valence-corrected chi connectivity index (χ0v) is 12.8. The van der Waals surface area contributed by atoms with Gasteiger partial charge in [-0.15, -0.1) is 0 Å². The molecule has 1 N–H and O–H groups in total. The van der Waals surface area contributed by atoms with E-state index in [1.54, 1.807) is 24.3 Å². The molecule has 3 nitrogen and oxygen atoms in total. The summed E-state index contributed by atoms with van der Waals surface area (Å²) in [6.07, 6.45) is 0. The van der Waals surface area contributed by atoms with Gasteiger partial charge in [-0.1, -0.05) is 66.7 Å². The molecule has 0 radical (unpaired) electrons. The quantitative estimate of drug-likeness (QED) is 0.324. The van der Waals surface area contributed by atoms with Crippen molar-refractivity contribution in [1.82, 2.24) is 0 Å². The van der Waals surface area contributed by atoms with Crippen LogP contribution in [0.1, 0.15) is 10.4 Å². The lowest BCUT2D eigenvalue weighted by atomic mass is 10.00. The molecule has 0 saturated carbocycles. The van der Waals surface area contributed by atoms with E-state index in [0.29, 0.717) is 16.3 Å². The molecule has 0 spiro atoms. The molecule has 0 aliphatic heterocycles. The number of carbonyl (C=O) groups excluding carboxylic acids is 1. The average molecular weight is 314 g/mol. The van der Waals surface area contributed by atoms with Crippen molar-refractivity contribution in [1.29, 1.82) is 0 Å². The molecule has 0 aromatic heterocycles. The molecule has 0 amide bonds. The number of phenols is 1. The third kappa shape index (κ3) is 2.27. The van der Waals surface area contributed by atoms with E-state index in [9.17, 15) is 9.90 Å². The first kappa shape index (κ1) is 14.3.